The Morgan fingerprint density at radius 2 is 2.25 bits per heavy atom. The fourth-order valence-electron chi connectivity index (χ4n) is 0.314. The van der Waals surface area contributed by atoms with Crippen molar-refractivity contribution in [3.63, 3.8) is 0 Å². The van der Waals surface area contributed by atoms with Gasteiger partial charge in [0.05, 0.1) is 6.61 Å². The van der Waals surface area contributed by atoms with E-state index in [0.29, 0.717) is 13.2 Å². The summed E-state index contributed by atoms with van der Waals surface area (Å²) in [6, 6.07) is 0. The molecule has 1 heteroatoms. The number of hydrogen-bond acceptors (Lipinski definition) is 1. The van der Waals surface area contributed by atoms with Gasteiger partial charge in [-0.3, -0.25) is 0 Å². The summed E-state index contributed by atoms with van der Waals surface area (Å²) >= 11 is 0. The third-order valence-electron chi connectivity index (χ3n) is 0.576. The first-order valence-corrected chi connectivity index (χ1v) is 2.57. The van der Waals surface area contributed by atoms with Gasteiger partial charge in [-0.05, 0) is 5.92 Å². The second-order valence-electron chi connectivity index (χ2n) is 1.90. The second-order valence-corrected chi connectivity index (χ2v) is 1.90. The van der Waals surface area contributed by atoms with Crippen molar-refractivity contribution in [2.45, 2.75) is 13.8 Å². The number of terminal acetylenes is 1. The molecule has 0 aliphatic heterocycles. The highest BCUT2D eigenvalue weighted by atomic mass is 16.5. The van der Waals surface area contributed by atoms with E-state index in [4.69, 9.17) is 11.2 Å². The number of rotatable bonds is 3. The summed E-state index contributed by atoms with van der Waals surface area (Å²) in [4.78, 5) is 0. The Bertz CT molecular complexity index is 78.9. The third-order valence-corrected chi connectivity index (χ3v) is 0.576. The maximum absolute atomic E-state index is 4.97. The average Bonchev–Trinajstić information content (AvgIpc) is 1.66. The van der Waals surface area contributed by atoms with Crippen LogP contribution < -0.4 is 0 Å². The molecule has 0 spiro atoms. The van der Waals surface area contributed by atoms with Crippen molar-refractivity contribution in [1.82, 2.24) is 0 Å². The van der Waals surface area contributed by atoms with Gasteiger partial charge in [-0.25, -0.2) is 0 Å². The van der Waals surface area contributed by atoms with Gasteiger partial charge in [-0.15, -0.1) is 6.42 Å². The molecule has 0 aromatic rings. The lowest BCUT2D eigenvalue weighted by molar-refractivity contribution is 0.179. The maximum atomic E-state index is 4.97. The normalized spacial score (nSPS) is 9.25. The summed E-state index contributed by atoms with van der Waals surface area (Å²) in [7, 11) is 0. The van der Waals surface area contributed by atoms with Gasteiger partial charge in [0.2, 0.25) is 0 Å². The van der Waals surface area contributed by atoms with Gasteiger partial charge < -0.3 is 4.74 Å². The zero-order valence-corrected chi connectivity index (χ0v) is 5.40. The minimum absolute atomic E-state index is 0.422. The van der Waals surface area contributed by atoms with Crippen molar-refractivity contribution >= 4 is 0 Å². The molecular formula is C7H11O. The van der Waals surface area contributed by atoms with Crippen LogP contribution in [0.4, 0.5) is 0 Å². The highest BCUT2D eigenvalue weighted by molar-refractivity contribution is 4.84. The minimum Gasteiger partial charge on any atom is -0.368 e. The molecule has 0 aromatic carbocycles. The second kappa shape index (κ2) is 4.67. The molecule has 0 aliphatic carbocycles. The Kier molecular flexibility index (Phi) is 4.39. The van der Waals surface area contributed by atoms with Crippen LogP contribution in [0.25, 0.3) is 0 Å². The first-order valence-electron chi connectivity index (χ1n) is 2.57. The Labute approximate surface area is 51.0 Å². The fraction of sp³-hybridized carbons (Fsp3) is 0.571. The molecular weight excluding hydrogens is 100 g/mol. The van der Waals surface area contributed by atoms with Crippen LogP contribution in [0.2, 0.25) is 0 Å². The monoisotopic (exact) mass is 111 g/mol. The lowest BCUT2D eigenvalue weighted by Crippen LogP contribution is -1.99. The first kappa shape index (κ1) is 7.52. The van der Waals surface area contributed by atoms with Gasteiger partial charge in [0.25, 0.3) is 0 Å². The summed E-state index contributed by atoms with van der Waals surface area (Å²) < 4.78 is 4.97. The van der Waals surface area contributed by atoms with Gasteiger partial charge >= 0.3 is 0 Å². The van der Waals surface area contributed by atoms with Gasteiger partial charge in [0.15, 0.2) is 0 Å². The SMILES string of the molecule is C#CCOC[C](C)C. The Hall–Kier alpha value is -0.480. The van der Waals surface area contributed by atoms with Crippen molar-refractivity contribution in [2.75, 3.05) is 13.2 Å². The molecule has 0 heterocycles. The van der Waals surface area contributed by atoms with E-state index in [1.807, 2.05) is 13.8 Å². The standard InChI is InChI=1S/C7H11O/c1-4-5-8-6-7(2)3/h1H,5-6H2,2-3H3. The molecule has 0 rings (SSSR count). The molecule has 0 aliphatic rings. The summed E-state index contributed by atoms with van der Waals surface area (Å²) in [6.07, 6.45) is 4.93. The summed E-state index contributed by atoms with van der Waals surface area (Å²) in [5.74, 6) is 3.64. The lowest BCUT2D eigenvalue weighted by atomic mass is 10.2. The molecule has 0 bridgehead atoms. The molecule has 0 saturated heterocycles. The fourth-order valence-corrected chi connectivity index (χ4v) is 0.314. The van der Waals surface area contributed by atoms with Gasteiger partial charge in [0.1, 0.15) is 6.61 Å². The first-order chi connectivity index (χ1) is 3.77. The van der Waals surface area contributed by atoms with Crippen LogP contribution in [0.3, 0.4) is 0 Å². The molecule has 1 radical (unpaired) electrons. The largest absolute Gasteiger partial charge is 0.368 e. The Morgan fingerprint density at radius 3 is 2.62 bits per heavy atom. The van der Waals surface area contributed by atoms with E-state index in [1.165, 1.54) is 5.92 Å². The molecule has 1 nitrogen and oxygen atoms in total. The summed E-state index contributed by atoms with van der Waals surface area (Å²) in [5, 5.41) is 0. The van der Waals surface area contributed by atoms with E-state index in [0.717, 1.165) is 0 Å². The van der Waals surface area contributed by atoms with E-state index >= 15 is 0 Å². The van der Waals surface area contributed by atoms with Crippen LogP contribution in [0.15, 0.2) is 0 Å². The Morgan fingerprint density at radius 1 is 1.62 bits per heavy atom. The predicted octanol–water partition coefficient (Wildman–Crippen LogP) is 1.25. The molecule has 0 amide bonds. The molecule has 0 atom stereocenters. The molecule has 0 N–H and O–H groups in total. The molecule has 0 aromatic heterocycles. The van der Waals surface area contributed by atoms with E-state index in [1.54, 1.807) is 0 Å². The van der Waals surface area contributed by atoms with Gasteiger partial charge in [0, 0.05) is 0 Å². The predicted molar refractivity (Wildman–Crippen MR) is 34.2 cm³/mol. The number of hydrogen-bond donors (Lipinski definition) is 0. The third kappa shape index (κ3) is 5.52. The van der Waals surface area contributed by atoms with E-state index in [9.17, 15) is 0 Å². The van der Waals surface area contributed by atoms with Crippen LogP contribution in [0, 0.1) is 18.3 Å². The van der Waals surface area contributed by atoms with Gasteiger partial charge in [-0.2, -0.15) is 0 Å². The summed E-state index contributed by atoms with van der Waals surface area (Å²) in [5.41, 5.74) is 0. The van der Waals surface area contributed by atoms with Crippen molar-refractivity contribution in [1.29, 1.82) is 0 Å². The summed E-state index contributed by atoms with van der Waals surface area (Å²) in [6.45, 7) is 5.13. The maximum Gasteiger partial charge on any atom is 0.107 e. The van der Waals surface area contributed by atoms with Crippen molar-refractivity contribution < 1.29 is 4.74 Å². The smallest absolute Gasteiger partial charge is 0.107 e. The quantitative estimate of drug-likeness (QED) is 0.393. The van der Waals surface area contributed by atoms with Crippen LogP contribution in [0.5, 0.6) is 0 Å². The average molecular weight is 111 g/mol. The molecule has 0 saturated carbocycles. The van der Waals surface area contributed by atoms with E-state index in [-0.39, 0.29) is 0 Å². The molecule has 0 unspecified atom stereocenters. The molecule has 45 valence electrons. The lowest BCUT2D eigenvalue weighted by Gasteiger charge is -2.00. The van der Waals surface area contributed by atoms with Gasteiger partial charge in [-0.1, -0.05) is 19.8 Å². The number of ether oxygens (including phenoxy) is 1. The van der Waals surface area contributed by atoms with E-state index < -0.39 is 0 Å². The van der Waals surface area contributed by atoms with E-state index in [2.05, 4.69) is 5.92 Å². The Balaban J connectivity index is 2.85. The van der Waals surface area contributed by atoms with Crippen molar-refractivity contribution in [3.05, 3.63) is 5.92 Å². The van der Waals surface area contributed by atoms with Crippen LogP contribution in [-0.4, -0.2) is 13.2 Å². The molecule has 8 heavy (non-hydrogen) atoms. The van der Waals surface area contributed by atoms with Crippen LogP contribution in [0.1, 0.15) is 13.8 Å². The highest BCUT2D eigenvalue weighted by Gasteiger charge is 1.90. The zero-order chi connectivity index (χ0) is 6.41. The minimum atomic E-state index is 0.422. The highest BCUT2D eigenvalue weighted by Crippen LogP contribution is 1.93. The molecule has 0 fully saturated rings. The van der Waals surface area contributed by atoms with Crippen LogP contribution >= 0.6 is 0 Å². The topological polar surface area (TPSA) is 9.23 Å². The zero-order valence-electron chi connectivity index (χ0n) is 5.40. The van der Waals surface area contributed by atoms with Crippen molar-refractivity contribution in [3.8, 4) is 12.3 Å². The van der Waals surface area contributed by atoms with Crippen molar-refractivity contribution in [2.24, 2.45) is 0 Å². The van der Waals surface area contributed by atoms with Crippen LogP contribution in [-0.2, 0) is 4.74 Å².